The number of aromatic nitrogens is 3. The van der Waals surface area contributed by atoms with Gasteiger partial charge in [0.1, 0.15) is 0 Å². The van der Waals surface area contributed by atoms with Crippen molar-refractivity contribution < 1.29 is 9.59 Å². The van der Waals surface area contributed by atoms with Crippen molar-refractivity contribution in [2.45, 2.75) is 13.5 Å². The third-order valence-electron chi connectivity index (χ3n) is 3.75. The SMILES string of the molecule is CC(=O)Nc1ccc(C(=O)NCc2cncc(-c3cnn(C)c3)c2)cc1. The van der Waals surface area contributed by atoms with Gasteiger partial charge in [0.15, 0.2) is 0 Å². The molecule has 0 saturated carbocycles. The highest BCUT2D eigenvalue weighted by molar-refractivity contribution is 5.95. The number of nitrogens with zero attached hydrogens (tertiary/aromatic N) is 3. The highest BCUT2D eigenvalue weighted by atomic mass is 16.2. The highest BCUT2D eigenvalue weighted by Crippen LogP contribution is 2.18. The number of nitrogens with one attached hydrogen (secondary N) is 2. The molecule has 2 N–H and O–H groups in total. The van der Waals surface area contributed by atoms with Crippen LogP contribution in [0.15, 0.2) is 55.1 Å². The lowest BCUT2D eigenvalue weighted by Crippen LogP contribution is -2.22. The number of anilines is 1. The molecule has 0 aliphatic carbocycles. The predicted molar refractivity (Wildman–Crippen MR) is 98.4 cm³/mol. The molecule has 0 radical (unpaired) electrons. The first-order valence-corrected chi connectivity index (χ1v) is 8.10. The van der Waals surface area contributed by atoms with E-state index in [9.17, 15) is 9.59 Å². The molecular weight excluding hydrogens is 330 g/mol. The maximum atomic E-state index is 12.3. The smallest absolute Gasteiger partial charge is 0.251 e. The molecule has 2 heterocycles. The van der Waals surface area contributed by atoms with Gasteiger partial charge in [0.2, 0.25) is 5.91 Å². The van der Waals surface area contributed by atoms with E-state index in [1.54, 1.807) is 47.5 Å². The van der Waals surface area contributed by atoms with Crippen molar-refractivity contribution in [3.8, 4) is 11.1 Å². The second kappa shape index (κ2) is 7.60. The van der Waals surface area contributed by atoms with Crippen LogP contribution in [0.3, 0.4) is 0 Å². The Labute approximate surface area is 151 Å². The predicted octanol–water partition coefficient (Wildman–Crippen LogP) is 2.37. The minimum atomic E-state index is -0.189. The lowest BCUT2D eigenvalue weighted by molar-refractivity contribution is -0.114. The van der Waals surface area contributed by atoms with Crippen molar-refractivity contribution in [2.75, 3.05) is 5.32 Å². The minimum absolute atomic E-state index is 0.150. The van der Waals surface area contributed by atoms with Gasteiger partial charge in [0, 0.05) is 61.5 Å². The molecule has 3 rings (SSSR count). The van der Waals surface area contributed by atoms with Crippen LogP contribution in [0.4, 0.5) is 5.69 Å². The molecule has 26 heavy (non-hydrogen) atoms. The van der Waals surface area contributed by atoms with Gasteiger partial charge in [0.05, 0.1) is 6.20 Å². The van der Waals surface area contributed by atoms with E-state index in [1.165, 1.54) is 6.92 Å². The summed E-state index contributed by atoms with van der Waals surface area (Å²) in [5.41, 5.74) is 4.00. The molecule has 0 bridgehead atoms. The molecule has 0 saturated heterocycles. The summed E-state index contributed by atoms with van der Waals surface area (Å²) in [4.78, 5) is 27.5. The summed E-state index contributed by atoms with van der Waals surface area (Å²) in [5.74, 6) is -0.339. The molecule has 2 aromatic heterocycles. The first kappa shape index (κ1) is 17.3. The van der Waals surface area contributed by atoms with E-state index in [-0.39, 0.29) is 11.8 Å². The zero-order chi connectivity index (χ0) is 18.5. The Morgan fingerprint density at radius 3 is 2.50 bits per heavy atom. The number of carbonyl (C=O) groups excluding carboxylic acids is 2. The van der Waals surface area contributed by atoms with Gasteiger partial charge >= 0.3 is 0 Å². The molecule has 3 aromatic rings. The summed E-state index contributed by atoms with van der Waals surface area (Å²) in [6.45, 7) is 1.81. The number of carbonyl (C=O) groups is 2. The monoisotopic (exact) mass is 349 g/mol. The van der Waals surface area contributed by atoms with E-state index in [0.717, 1.165) is 16.7 Å². The van der Waals surface area contributed by atoms with Crippen LogP contribution in [0.2, 0.25) is 0 Å². The van der Waals surface area contributed by atoms with Gasteiger partial charge in [-0.05, 0) is 35.9 Å². The molecule has 0 fully saturated rings. The van der Waals surface area contributed by atoms with Crippen molar-refractivity contribution in [3.63, 3.8) is 0 Å². The number of hydrogen-bond acceptors (Lipinski definition) is 4. The number of aryl methyl sites for hydroxylation is 1. The molecule has 7 heteroatoms. The fraction of sp³-hybridized carbons (Fsp3) is 0.158. The van der Waals surface area contributed by atoms with E-state index >= 15 is 0 Å². The van der Waals surface area contributed by atoms with Crippen LogP contribution in [0.25, 0.3) is 11.1 Å². The zero-order valence-electron chi connectivity index (χ0n) is 14.6. The maximum Gasteiger partial charge on any atom is 0.251 e. The average Bonchev–Trinajstić information content (AvgIpc) is 3.06. The quantitative estimate of drug-likeness (QED) is 0.740. The van der Waals surface area contributed by atoms with E-state index < -0.39 is 0 Å². The zero-order valence-corrected chi connectivity index (χ0v) is 14.6. The van der Waals surface area contributed by atoms with Gasteiger partial charge in [-0.25, -0.2) is 0 Å². The summed E-state index contributed by atoms with van der Waals surface area (Å²) in [5, 5.41) is 9.69. The van der Waals surface area contributed by atoms with Gasteiger partial charge in [-0.15, -0.1) is 0 Å². The molecular formula is C19H19N5O2. The molecule has 0 aliphatic rings. The molecule has 2 amide bonds. The number of rotatable bonds is 5. The Hall–Kier alpha value is -3.48. The second-order valence-electron chi connectivity index (χ2n) is 5.93. The van der Waals surface area contributed by atoms with Crippen molar-refractivity contribution >= 4 is 17.5 Å². The Kier molecular flexibility index (Phi) is 5.07. The molecule has 132 valence electrons. The van der Waals surface area contributed by atoms with Gasteiger partial charge in [-0.2, -0.15) is 5.10 Å². The van der Waals surface area contributed by atoms with Crippen LogP contribution in [0, 0.1) is 0 Å². The largest absolute Gasteiger partial charge is 0.348 e. The van der Waals surface area contributed by atoms with E-state index in [1.807, 2.05) is 19.3 Å². The molecule has 7 nitrogen and oxygen atoms in total. The van der Waals surface area contributed by atoms with Crippen LogP contribution in [-0.4, -0.2) is 26.6 Å². The second-order valence-corrected chi connectivity index (χ2v) is 5.93. The summed E-state index contributed by atoms with van der Waals surface area (Å²) < 4.78 is 1.73. The average molecular weight is 349 g/mol. The molecule has 0 aliphatic heterocycles. The van der Waals surface area contributed by atoms with Crippen molar-refractivity contribution in [1.82, 2.24) is 20.1 Å². The number of benzene rings is 1. The van der Waals surface area contributed by atoms with Crippen molar-refractivity contribution in [2.24, 2.45) is 7.05 Å². The van der Waals surface area contributed by atoms with E-state index in [4.69, 9.17) is 0 Å². The van der Waals surface area contributed by atoms with Crippen LogP contribution in [0.5, 0.6) is 0 Å². The standard InChI is InChI=1S/C19H19N5O2/c1-13(25)23-18-5-3-15(4-6-18)19(26)21-9-14-7-16(10-20-8-14)17-11-22-24(2)12-17/h3-8,10-12H,9H2,1-2H3,(H,21,26)(H,23,25). The Balaban J connectivity index is 1.63. The normalized spacial score (nSPS) is 10.4. The van der Waals surface area contributed by atoms with Gasteiger partial charge < -0.3 is 10.6 Å². The first-order valence-electron chi connectivity index (χ1n) is 8.10. The fourth-order valence-corrected chi connectivity index (χ4v) is 2.51. The van der Waals surface area contributed by atoms with Gasteiger partial charge in [0.25, 0.3) is 5.91 Å². The lowest BCUT2D eigenvalue weighted by Gasteiger charge is -2.07. The highest BCUT2D eigenvalue weighted by Gasteiger charge is 2.07. The molecule has 0 unspecified atom stereocenters. The van der Waals surface area contributed by atoms with Crippen LogP contribution >= 0.6 is 0 Å². The van der Waals surface area contributed by atoms with Crippen molar-refractivity contribution in [1.29, 1.82) is 0 Å². The van der Waals surface area contributed by atoms with Crippen LogP contribution in [-0.2, 0) is 18.4 Å². The number of amides is 2. The van der Waals surface area contributed by atoms with Crippen LogP contribution < -0.4 is 10.6 Å². The third-order valence-corrected chi connectivity index (χ3v) is 3.75. The maximum absolute atomic E-state index is 12.3. The molecule has 0 spiro atoms. The van der Waals surface area contributed by atoms with E-state index in [0.29, 0.717) is 17.8 Å². The van der Waals surface area contributed by atoms with Gasteiger partial charge in [-0.3, -0.25) is 19.3 Å². The summed E-state index contributed by atoms with van der Waals surface area (Å²) in [6, 6.07) is 8.71. The topological polar surface area (TPSA) is 88.9 Å². The summed E-state index contributed by atoms with van der Waals surface area (Å²) in [6.07, 6.45) is 7.18. The molecule has 0 atom stereocenters. The van der Waals surface area contributed by atoms with Gasteiger partial charge in [-0.1, -0.05) is 0 Å². The molecule has 1 aromatic carbocycles. The van der Waals surface area contributed by atoms with Crippen LogP contribution in [0.1, 0.15) is 22.8 Å². The number of hydrogen-bond donors (Lipinski definition) is 2. The lowest BCUT2D eigenvalue weighted by atomic mass is 10.1. The van der Waals surface area contributed by atoms with E-state index in [2.05, 4.69) is 20.7 Å². The Morgan fingerprint density at radius 1 is 1.08 bits per heavy atom. The fourth-order valence-electron chi connectivity index (χ4n) is 2.51. The Morgan fingerprint density at radius 2 is 1.85 bits per heavy atom. The first-order chi connectivity index (χ1) is 12.5. The summed E-state index contributed by atoms with van der Waals surface area (Å²) >= 11 is 0. The number of pyridine rings is 1. The Bertz CT molecular complexity index is 931. The third kappa shape index (κ3) is 4.32. The minimum Gasteiger partial charge on any atom is -0.348 e. The summed E-state index contributed by atoms with van der Waals surface area (Å²) in [7, 11) is 1.86. The van der Waals surface area contributed by atoms with Crippen molar-refractivity contribution in [3.05, 3.63) is 66.2 Å².